The summed E-state index contributed by atoms with van der Waals surface area (Å²) in [6.07, 6.45) is 0. The number of methoxy groups -OCH3 is 1. The maximum Gasteiger partial charge on any atom is 0.373 e. The summed E-state index contributed by atoms with van der Waals surface area (Å²) in [5.74, 6) is -0.546. The van der Waals surface area contributed by atoms with E-state index in [-0.39, 0.29) is 6.61 Å². The average Bonchev–Trinajstić information content (AvgIpc) is 2.54. The number of hydrogen-bond donors (Lipinski definition) is 0. The Bertz CT molecular complexity index is 474. The highest BCUT2D eigenvalue weighted by molar-refractivity contribution is 6.99. The number of benzene rings is 1. The van der Waals surface area contributed by atoms with Crippen molar-refractivity contribution in [3.05, 3.63) is 61.0 Å². The summed E-state index contributed by atoms with van der Waals surface area (Å²) in [6, 6.07) is 8.28. The molecule has 1 aromatic carbocycles. The second-order valence-electron chi connectivity index (χ2n) is 4.47. The molecule has 0 atom stereocenters. The summed E-state index contributed by atoms with van der Waals surface area (Å²) in [4.78, 5) is 21.0. The molecule has 0 spiro atoms. The first-order valence-electron chi connectivity index (χ1n) is 6.69. The van der Waals surface area contributed by atoms with E-state index in [1.807, 2.05) is 23.5 Å². The molecule has 1 rings (SSSR count). The Balaban J connectivity index is 2.75. The molecular weight excluding hydrogens is 284 g/mol. The number of hydrogen-bond acceptors (Lipinski definition) is 4. The van der Waals surface area contributed by atoms with Gasteiger partial charge in [-0.05, 0) is 18.2 Å². The second kappa shape index (κ2) is 8.56. The molecule has 0 saturated heterocycles. The van der Waals surface area contributed by atoms with E-state index >= 15 is 0 Å². The average molecular weight is 305 g/mol. The first-order valence-corrected chi connectivity index (χ1v) is 9.05. The maximum atomic E-state index is 11.7. The Labute approximate surface area is 127 Å². The molecule has 0 heterocycles. The van der Waals surface area contributed by atoms with Crippen LogP contribution in [0, 0.1) is 6.61 Å². The van der Waals surface area contributed by atoms with E-state index in [1.165, 1.54) is 18.9 Å². The van der Waals surface area contributed by atoms with Crippen molar-refractivity contribution in [2.24, 2.45) is 0 Å². The lowest BCUT2D eigenvalue weighted by Gasteiger charge is -2.23. The minimum atomic E-state index is -1.87. The van der Waals surface area contributed by atoms with Gasteiger partial charge in [0, 0.05) is 7.11 Å². The van der Waals surface area contributed by atoms with Gasteiger partial charge in [-0.2, -0.15) is 4.89 Å². The highest BCUT2D eigenvalue weighted by atomic mass is 28.3. The second-order valence-corrected chi connectivity index (χ2v) is 8.65. The molecule has 0 saturated carbocycles. The van der Waals surface area contributed by atoms with Crippen LogP contribution in [0.25, 0.3) is 0 Å². The Morgan fingerprint density at radius 2 is 1.86 bits per heavy atom. The van der Waals surface area contributed by atoms with Gasteiger partial charge in [0.25, 0.3) is 0 Å². The first-order chi connectivity index (χ1) is 10.1. The molecule has 113 valence electrons. The SMILES string of the molecule is C=C[Si](C=C)(CC)c1ccc(C(=O)OO[CH]COC)cc1. The molecule has 0 fully saturated rings. The van der Waals surface area contributed by atoms with Crippen molar-refractivity contribution in [3.63, 3.8) is 0 Å². The lowest BCUT2D eigenvalue weighted by Crippen LogP contribution is -2.43. The van der Waals surface area contributed by atoms with E-state index < -0.39 is 14.0 Å². The predicted molar refractivity (Wildman–Crippen MR) is 85.4 cm³/mol. The van der Waals surface area contributed by atoms with Gasteiger partial charge in [-0.3, -0.25) is 4.89 Å². The minimum Gasteiger partial charge on any atom is -0.382 e. The number of ether oxygens (including phenoxy) is 1. The van der Waals surface area contributed by atoms with Crippen LogP contribution < -0.4 is 5.19 Å². The summed E-state index contributed by atoms with van der Waals surface area (Å²) in [6.45, 7) is 11.5. The van der Waals surface area contributed by atoms with Crippen LogP contribution in [0.2, 0.25) is 6.04 Å². The zero-order valence-corrected chi connectivity index (χ0v) is 13.5. The molecule has 21 heavy (non-hydrogen) atoms. The molecule has 1 aromatic rings. The van der Waals surface area contributed by atoms with Crippen LogP contribution in [0.5, 0.6) is 0 Å². The molecular formula is C16H21O4Si. The minimum absolute atomic E-state index is 0.246. The third kappa shape index (κ3) is 4.39. The zero-order chi connectivity index (χ0) is 15.7. The molecule has 0 N–H and O–H groups in total. The summed E-state index contributed by atoms with van der Waals surface area (Å²) < 4.78 is 4.73. The zero-order valence-electron chi connectivity index (χ0n) is 12.5. The molecule has 0 aromatic heterocycles. The van der Waals surface area contributed by atoms with Gasteiger partial charge in [0.15, 0.2) is 6.61 Å². The molecule has 0 amide bonds. The van der Waals surface area contributed by atoms with Crippen LogP contribution in [0.3, 0.4) is 0 Å². The van der Waals surface area contributed by atoms with E-state index in [1.54, 1.807) is 12.1 Å². The van der Waals surface area contributed by atoms with E-state index in [0.717, 1.165) is 6.04 Å². The van der Waals surface area contributed by atoms with Gasteiger partial charge in [0.2, 0.25) is 0 Å². The standard InChI is InChI=1S/C16H21O4Si/c1-5-21(6-2,7-3)15-10-8-14(9-11-15)16(17)20-19-13-12-18-4/h5-6,8-11,13H,1-2,7,12H2,3-4H3. The molecule has 0 aliphatic heterocycles. The number of rotatable bonds is 9. The lowest BCUT2D eigenvalue weighted by atomic mass is 10.2. The van der Waals surface area contributed by atoms with E-state index in [9.17, 15) is 4.79 Å². The van der Waals surface area contributed by atoms with E-state index in [4.69, 9.17) is 4.74 Å². The van der Waals surface area contributed by atoms with Crippen molar-refractivity contribution in [1.82, 2.24) is 0 Å². The molecule has 5 heteroatoms. The molecule has 4 nitrogen and oxygen atoms in total. The van der Waals surface area contributed by atoms with Gasteiger partial charge >= 0.3 is 5.97 Å². The van der Waals surface area contributed by atoms with Crippen molar-refractivity contribution in [1.29, 1.82) is 0 Å². The van der Waals surface area contributed by atoms with E-state index in [0.29, 0.717) is 5.56 Å². The van der Waals surface area contributed by atoms with Crippen LogP contribution in [-0.2, 0) is 14.5 Å². The van der Waals surface area contributed by atoms with Crippen molar-refractivity contribution in [2.45, 2.75) is 13.0 Å². The first kappa shape index (κ1) is 17.4. The highest BCUT2D eigenvalue weighted by Crippen LogP contribution is 2.13. The van der Waals surface area contributed by atoms with Crippen LogP contribution in [-0.4, -0.2) is 27.8 Å². The lowest BCUT2D eigenvalue weighted by molar-refractivity contribution is -0.217. The highest BCUT2D eigenvalue weighted by Gasteiger charge is 2.26. The van der Waals surface area contributed by atoms with Gasteiger partial charge in [0.1, 0.15) is 8.07 Å². The largest absolute Gasteiger partial charge is 0.382 e. The third-order valence-corrected chi connectivity index (χ3v) is 7.43. The van der Waals surface area contributed by atoms with Crippen molar-refractivity contribution in [3.8, 4) is 0 Å². The van der Waals surface area contributed by atoms with Crippen molar-refractivity contribution in [2.75, 3.05) is 13.7 Å². The molecule has 0 aliphatic carbocycles. The molecule has 0 unspecified atom stereocenters. The fourth-order valence-electron chi connectivity index (χ4n) is 1.95. The number of carbonyl (C=O) groups is 1. The summed E-state index contributed by atoms with van der Waals surface area (Å²) >= 11 is 0. The fourth-order valence-corrected chi connectivity index (χ4v) is 4.36. The maximum absolute atomic E-state index is 11.7. The van der Waals surface area contributed by atoms with Crippen LogP contribution in [0.1, 0.15) is 17.3 Å². The third-order valence-electron chi connectivity index (χ3n) is 3.40. The van der Waals surface area contributed by atoms with Gasteiger partial charge < -0.3 is 4.74 Å². The van der Waals surface area contributed by atoms with E-state index in [2.05, 4.69) is 29.9 Å². The Hall–Kier alpha value is -1.69. The summed E-state index contributed by atoms with van der Waals surface area (Å²) in [5, 5.41) is 1.17. The molecule has 1 radical (unpaired) electrons. The van der Waals surface area contributed by atoms with Crippen LogP contribution in [0.4, 0.5) is 0 Å². The van der Waals surface area contributed by atoms with Gasteiger partial charge in [0.05, 0.1) is 12.2 Å². The topological polar surface area (TPSA) is 44.8 Å². The molecule has 0 aliphatic rings. The predicted octanol–water partition coefficient (Wildman–Crippen LogP) is 2.71. The van der Waals surface area contributed by atoms with Crippen molar-refractivity contribution < 1.29 is 19.3 Å². The Kier molecular flexibility index (Phi) is 7.08. The van der Waals surface area contributed by atoms with Crippen LogP contribution in [0.15, 0.2) is 48.8 Å². The summed E-state index contributed by atoms with van der Waals surface area (Å²) in [5.41, 5.74) is 4.42. The monoisotopic (exact) mass is 305 g/mol. The quantitative estimate of drug-likeness (QED) is 0.304. The normalized spacial score (nSPS) is 11.0. The fraction of sp³-hybridized carbons (Fsp3) is 0.250. The number of carbonyl (C=O) groups excluding carboxylic acids is 1. The molecule has 0 bridgehead atoms. The van der Waals surface area contributed by atoms with Gasteiger partial charge in [-0.1, -0.05) is 35.6 Å². The Morgan fingerprint density at radius 3 is 2.33 bits per heavy atom. The Morgan fingerprint density at radius 1 is 1.24 bits per heavy atom. The van der Waals surface area contributed by atoms with Crippen LogP contribution >= 0.6 is 0 Å². The van der Waals surface area contributed by atoms with Gasteiger partial charge in [-0.15, -0.1) is 13.2 Å². The van der Waals surface area contributed by atoms with Crippen molar-refractivity contribution >= 4 is 19.2 Å². The summed E-state index contributed by atoms with van der Waals surface area (Å²) in [7, 11) is -0.348. The smallest absolute Gasteiger partial charge is 0.373 e. The van der Waals surface area contributed by atoms with Gasteiger partial charge in [-0.25, -0.2) is 4.79 Å².